The van der Waals surface area contributed by atoms with Gasteiger partial charge in [0.05, 0.1) is 11.5 Å². The van der Waals surface area contributed by atoms with Crippen molar-refractivity contribution in [3.05, 3.63) is 0 Å². The van der Waals surface area contributed by atoms with Crippen LogP contribution in [0, 0.1) is 22.7 Å². The van der Waals surface area contributed by atoms with Crippen LogP contribution in [0.5, 0.6) is 0 Å². The molecule has 2 unspecified atom stereocenters. The molecule has 0 aromatic heterocycles. The van der Waals surface area contributed by atoms with Gasteiger partial charge in [0.15, 0.2) is 0 Å². The normalized spacial score (nSPS) is 27.2. The minimum absolute atomic E-state index is 0.00227. The molecule has 3 nitrogen and oxygen atoms in total. The predicted octanol–water partition coefficient (Wildman–Crippen LogP) is 0.815. The minimum Gasteiger partial charge on any atom is -0.326 e. The first-order valence-corrected chi connectivity index (χ1v) is 4.83. The molecule has 0 aliphatic carbocycles. The zero-order valence-electron chi connectivity index (χ0n) is 8.75. The summed E-state index contributed by atoms with van der Waals surface area (Å²) < 4.78 is 0. The molecular weight excluding hydrogens is 162 g/mol. The fourth-order valence-corrected chi connectivity index (χ4v) is 1.93. The number of nitrogens with zero attached hydrogens (tertiary/aromatic N) is 2. The second-order valence-corrected chi connectivity index (χ2v) is 4.67. The lowest BCUT2D eigenvalue weighted by atomic mass is 9.79. The van der Waals surface area contributed by atoms with Crippen molar-refractivity contribution in [2.45, 2.75) is 26.3 Å². The highest BCUT2D eigenvalue weighted by Gasteiger charge is 2.35. The van der Waals surface area contributed by atoms with E-state index >= 15 is 0 Å². The Hall–Kier alpha value is -0.590. The monoisotopic (exact) mass is 181 g/mol. The van der Waals surface area contributed by atoms with Gasteiger partial charge in [0.25, 0.3) is 0 Å². The van der Waals surface area contributed by atoms with Gasteiger partial charge >= 0.3 is 0 Å². The summed E-state index contributed by atoms with van der Waals surface area (Å²) in [6, 6.07) is 2.29. The van der Waals surface area contributed by atoms with Gasteiger partial charge in [0, 0.05) is 12.6 Å². The highest BCUT2D eigenvalue weighted by Crippen LogP contribution is 2.28. The molecule has 1 saturated heterocycles. The molecule has 0 aromatic carbocycles. The van der Waals surface area contributed by atoms with Crippen LogP contribution in [-0.2, 0) is 0 Å². The first kappa shape index (κ1) is 10.5. The SMILES string of the molecule is CN1CCC(C(N)C(C)(C)C#N)C1. The molecule has 1 aliphatic rings. The number of rotatable bonds is 2. The summed E-state index contributed by atoms with van der Waals surface area (Å²) >= 11 is 0. The van der Waals surface area contributed by atoms with Gasteiger partial charge < -0.3 is 10.6 Å². The lowest BCUT2D eigenvalue weighted by Crippen LogP contribution is -2.43. The second-order valence-electron chi connectivity index (χ2n) is 4.67. The third kappa shape index (κ3) is 2.20. The summed E-state index contributed by atoms with van der Waals surface area (Å²) in [5, 5.41) is 8.95. The van der Waals surface area contributed by atoms with Crippen LogP contribution in [0.25, 0.3) is 0 Å². The quantitative estimate of drug-likeness (QED) is 0.686. The molecule has 1 fully saturated rings. The Balaban J connectivity index is 2.59. The van der Waals surface area contributed by atoms with E-state index in [9.17, 15) is 0 Å². The van der Waals surface area contributed by atoms with E-state index in [2.05, 4.69) is 18.0 Å². The summed E-state index contributed by atoms with van der Waals surface area (Å²) in [5.41, 5.74) is 5.69. The van der Waals surface area contributed by atoms with Crippen molar-refractivity contribution in [1.29, 1.82) is 5.26 Å². The maximum Gasteiger partial charge on any atom is 0.0700 e. The van der Waals surface area contributed by atoms with Gasteiger partial charge in [-0.1, -0.05) is 0 Å². The van der Waals surface area contributed by atoms with Crippen LogP contribution >= 0.6 is 0 Å². The maximum absolute atomic E-state index is 8.95. The molecule has 3 heteroatoms. The van der Waals surface area contributed by atoms with E-state index < -0.39 is 5.41 Å². The van der Waals surface area contributed by atoms with Gasteiger partial charge in [-0.3, -0.25) is 0 Å². The Morgan fingerprint density at radius 2 is 2.23 bits per heavy atom. The van der Waals surface area contributed by atoms with E-state index in [4.69, 9.17) is 11.0 Å². The Bertz CT molecular complexity index is 217. The van der Waals surface area contributed by atoms with Crippen LogP contribution in [0.3, 0.4) is 0 Å². The molecule has 0 bridgehead atoms. The van der Waals surface area contributed by atoms with Crippen molar-refractivity contribution in [3.63, 3.8) is 0 Å². The molecule has 1 heterocycles. The molecule has 0 aromatic rings. The molecule has 0 radical (unpaired) electrons. The molecule has 0 spiro atoms. The van der Waals surface area contributed by atoms with Gasteiger partial charge in [-0.25, -0.2) is 0 Å². The first-order chi connectivity index (χ1) is 5.97. The van der Waals surface area contributed by atoms with Crippen LogP contribution in [0.1, 0.15) is 20.3 Å². The summed E-state index contributed by atoms with van der Waals surface area (Å²) in [6.07, 6.45) is 1.13. The molecule has 0 saturated carbocycles. The lowest BCUT2D eigenvalue weighted by molar-refractivity contribution is 0.274. The fraction of sp³-hybridized carbons (Fsp3) is 0.900. The van der Waals surface area contributed by atoms with Gasteiger partial charge in [-0.05, 0) is 39.8 Å². The Morgan fingerprint density at radius 1 is 1.62 bits per heavy atom. The van der Waals surface area contributed by atoms with Crippen molar-refractivity contribution >= 4 is 0 Å². The third-order valence-electron chi connectivity index (χ3n) is 3.06. The number of hydrogen-bond donors (Lipinski definition) is 1. The average molecular weight is 181 g/mol. The number of nitriles is 1. The number of likely N-dealkylation sites (tertiary alicyclic amines) is 1. The molecule has 1 aliphatic heterocycles. The van der Waals surface area contributed by atoms with Gasteiger partial charge in [0.2, 0.25) is 0 Å². The highest BCUT2D eigenvalue weighted by atomic mass is 15.1. The predicted molar refractivity (Wildman–Crippen MR) is 53.0 cm³/mol. The Morgan fingerprint density at radius 3 is 2.62 bits per heavy atom. The number of nitrogens with two attached hydrogens (primary N) is 1. The van der Waals surface area contributed by atoms with E-state index in [1.807, 2.05) is 13.8 Å². The summed E-state index contributed by atoms with van der Waals surface area (Å²) in [5.74, 6) is 0.486. The second kappa shape index (κ2) is 3.65. The smallest absolute Gasteiger partial charge is 0.0700 e. The lowest BCUT2D eigenvalue weighted by Gasteiger charge is -2.29. The summed E-state index contributed by atoms with van der Waals surface area (Å²) in [4.78, 5) is 2.28. The largest absolute Gasteiger partial charge is 0.326 e. The van der Waals surface area contributed by atoms with E-state index in [1.54, 1.807) is 0 Å². The average Bonchev–Trinajstić information content (AvgIpc) is 2.50. The van der Waals surface area contributed by atoms with Crippen molar-refractivity contribution in [3.8, 4) is 6.07 Å². The van der Waals surface area contributed by atoms with Crippen molar-refractivity contribution in [2.75, 3.05) is 20.1 Å². The molecule has 0 amide bonds. The standard InChI is InChI=1S/C10H19N3/c1-10(2,7-11)9(12)8-4-5-13(3)6-8/h8-9H,4-6,12H2,1-3H3. The van der Waals surface area contributed by atoms with E-state index in [-0.39, 0.29) is 6.04 Å². The van der Waals surface area contributed by atoms with Crippen LogP contribution in [0.4, 0.5) is 0 Å². The summed E-state index contributed by atoms with van der Waals surface area (Å²) in [6.45, 7) is 6.00. The van der Waals surface area contributed by atoms with Crippen LogP contribution in [-0.4, -0.2) is 31.1 Å². The number of hydrogen-bond acceptors (Lipinski definition) is 3. The van der Waals surface area contributed by atoms with Gasteiger partial charge in [-0.15, -0.1) is 0 Å². The van der Waals surface area contributed by atoms with Crippen molar-refractivity contribution in [1.82, 2.24) is 4.90 Å². The molecule has 74 valence electrons. The molecule has 2 atom stereocenters. The maximum atomic E-state index is 8.95. The topological polar surface area (TPSA) is 53.0 Å². The van der Waals surface area contributed by atoms with Gasteiger partial charge in [-0.2, -0.15) is 5.26 Å². The van der Waals surface area contributed by atoms with Crippen LogP contribution in [0.15, 0.2) is 0 Å². The third-order valence-corrected chi connectivity index (χ3v) is 3.06. The Labute approximate surface area is 80.5 Å². The zero-order valence-corrected chi connectivity index (χ0v) is 8.75. The Kier molecular flexibility index (Phi) is 2.94. The van der Waals surface area contributed by atoms with E-state index in [1.165, 1.54) is 0 Å². The molecule has 1 rings (SSSR count). The summed E-state index contributed by atoms with van der Waals surface area (Å²) in [7, 11) is 2.10. The molecule has 13 heavy (non-hydrogen) atoms. The fourth-order valence-electron chi connectivity index (χ4n) is 1.93. The van der Waals surface area contributed by atoms with Crippen LogP contribution < -0.4 is 5.73 Å². The van der Waals surface area contributed by atoms with Gasteiger partial charge in [0.1, 0.15) is 0 Å². The van der Waals surface area contributed by atoms with E-state index in [0.29, 0.717) is 5.92 Å². The van der Waals surface area contributed by atoms with E-state index in [0.717, 1.165) is 19.5 Å². The minimum atomic E-state index is -0.393. The molecular formula is C10H19N3. The van der Waals surface area contributed by atoms with Crippen molar-refractivity contribution < 1.29 is 0 Å². The highest BCUT2D eigenvalue weighted by molar-refractivity contribution is 5.02. The molecule has 2 N–H and O–H groups in total. The van der Waals surface area contributed by atoms with Crippen molar-refractivity contribution in [2.24, 2.45) is 17.1 Å². The first-order valence-electron chi connectivity index (χ1n) is 4.83. The zero-order chi connectivity index (χ0) is 10.1. The van der Waals surface area contributed by atoms with Crippen LogP contribution in [0.2, 0.25) is 0 Å².